The monoisotopic (exact) mass is 339 g/mol. The van der Waals surface area contributed by atoms with Crippen LogP contribution in [0.2, 0.25) is 0 Å². The number of unbranched alkanes of at least 4 members (excludes halogenated alkanes) is 1. The van der Waals surface area contributed by atoms with Gasteiger partial charge >= 0.3 is 0 Å². The largest absolute Gasteiger partial charge is 0.492 e. The van der Waals surface area contributed by atoms with E-state index in [1.54, 1.807) is 0 Å². The Labute approximate surface area is 153 Å². The first-order chi connectivity index (χ1) is 12.0. The standard InChI is InChI=1S/C23H33NO/c1-5-6-16-24(19-20-10-8-7-9-11-20)17-18-25-22-14-12-21(13-15-22)23(2,3)4/h7-15H,5-6,16-19H2,1-4H3. The van der Waals surface area contributed by atoms with E-state index in [1.807, 2.05) is 0 Å². The zero-order chi connectivity index (χ0) is 18.1. The van der Waals surface area contributed by atoms with Crippen LogP contribution in [0.5, 0.6) is 5.75 Å². The maximum absolute atomic E-state index is 5.98. The maximum atomic E-state index is 5.98. The minimum atomic E-state index is 0.186. The van der Waals surface area contributed by atoms with Crippen molar-refractivity contribution in [2.75, 3.05) is 19.7 Å². The smallest absolute Gasteiger partial charge is 0.119 e. The third-order valence-corrected chi connectivity index (χ3v) is 4.47. The predicted molar refractivity (Wildman–Crippen MR) is 107 cm³/mol. The summed E-state index contributed by atoms with van der Waals surface area (Å²) in [6.07, 6.45) is 2.45. The van der Waals surface area contributed by atoms with Crippen LogP contribution in [-0.2, 0) is 12.0 Å². The summed E-state index contributed by atoms with van der Waals surface area (Å²) in [5.41, 5.74) is 2.90. The summed E-state index contributed by atoms with van der Waals surface area (Å²) in [5, 5.41) is 0. The number of benzene rings is 2. The lowest BCUT2D eigenvalue weighted by atomic mass is 9.87. The zero-order valence-corrected chi connectivity index (χ0v) is 16.3. The summed E-state index contributed by atoms with van der Waals surface area (Å²) in [4.78, 5) is 2.49. The molecule has 0 bridgehead atoms. The molecule has 0 fully saturated rings. The van der Waals surface area contributed by atoms with Crippen molar-refractivity contribution in [3.8, 4) is 5.75 Å². The van der Waals surface area contributed by atoms with Gasteiger partial charge in [0.15, 0.2) is 0 Å². The Balaban J connectivity index is 1.85. The molecular formula is C23H33NO. The number of ether oxygens (including phenoxy) is 1. The van der Waals surface area contributed by atoms with Gasteiger partial charge in [-0.15, -0.1) is 0 Å². The average molecular weight is 340 g/mol. The molecule has 25 heavy (non-hydrogen) atoms. The van der Waals surface area contributed by atoms with Gasteiger partial charge in [0.2, 0.25) is 0 Å². The van der Waals surface area contributed by atoms with E-state index in [0.29, 0.717) is 0 Å². The van der Waals surface area contributed by atoms with E-state index in [4.69, 9.17) is 4.74 Å². The fraction of sp³-hybridized carbons (Fsp3) is 0.478. The molecule has 0 aliphatic rings. The fourth-order valence-electron chi connectivity index (χ4n) is 2.84. The molecule has 0 aliphatic heterocycles. The van der Waals surface area contributed by atoms with Crippen molar-refractivity contribution in [1.82, 2.24) is 4.90 Å². The molecule has 0 saturated heterocycles. The van der Waals surface area contributed by atoms with Crippen molar-refractivity contribution in [1.29, 1.82) is 0 Å². The third kappa shape index (κ3) is 6.91. The van der Waals surface area contributed by atoms with Crippen LogP contribution in [-0.4, -0.2) is 24.6 Å². The predicted octanol–water partition coefficient (Wildman–Crippen LogP) is 5.67. The van der Waals surface area contributed by atoms with Gasteiger partial charge in [-0.25, -0.2) is 0 Å². The van der Waals surface area contributed by atoms with E-state index in [9.17, 15) is 0 Å². The summed E-state index contributed by atoms with van der Waals surface area (Å²) in [7, 11) is 0. The van der Waals surface area contributed by atoms with Crippen molar-refractivity contribution < 1.29 is 4.74 Å². The SMILES string of the molecule is CCCCN(CCOc1ccc(C(C)(C)C)cc1)Cc1ccccc1. The zero-order valence-electron chi connectivity index (χ0n) is 16.3. The van der Waals surface area contributed by atoms with E-state index in [-0.39, 0.29) is 5.41 Å². The maximum Gasteiger partial charge on any atom is 0.119 e. The lowest BCUT2D eigenvalue weighted by Crippen LogP contribution is -2.29. The molecule has 0 saturated carbocycles. The molecule has 0 aromatic heterocycles. The van der Waals surface area contributed by atoms with E-state index in [0.717, 1.165) is 32.0 Å². The minimum absolute atomic E-state index is 0.186. The number of nitrogens with zero attached hydrogens (tertiary/aromatic N) is 1. The minimum Gasteiger partial charge on any atom is -0.492 e. The number of hydrogen-bond donors (Lipinski definition) is 0. The summed E-state index contributed by atoms with van der Waals surface area (Å²) < 4.78 is 5.98. The van der Waals surface area contributed by atoms with E-state index >= 15 is 0 Å². The molecule has 0 radical (unpaired) electrons. The highest BCUT2D eigenvalue weighted by Gasteiger charge is 2.13. The van der Waals surface area contributed by atoms with Gasteiger partial charge in [0, 0.05) is 13.1 Å². The van der Waals surface area contributed by atoms with Crippen molar-refractivity contribution in [3.05, 3.63) is 65.7 Å². The number of hydrogen-bond acceptors (Lipinski definition) is 2. The molecule has 0 atom stereocenters. The molecule has 0 unspecified atom stereocenters. The van der Waals surface area contributed by atoms with Crippen molar-refractivity contribution in [2.45, 2.75) is 52.5 Å². The van der Waals surface area contributed by atoms with Gasteiger partial charge < -0.3 is 4.74 Å². The van der Waals surface area contributed by atoms with E-state index < -0.39 is 0 Å². The van der Waals surface area contributed by atoms with Crippen LogP contribution in [0.3, 0.4) is 0 Å². The molecule has 0 aliphatic carbocycles. The van der Waals surface area contributed by atoms with Crippen molar-refractivity contribution in [3.63, 3.8) is 0 Å². The van der Waals surface area contributed by atoms with Crippen LogP contribution in [0.15, 0.2) is 54.6 Å². The Morgan fingerprint density at radius 3 is 2.16 bits per heavy atom. The van der Waals surface area contributed by atoms with Crippen molar-refractivity contribution in [2.24, 2.45) is 0 Å². The lowest BCUT2D eigenvalue weighted by molar-refractivity contribution is 0.200. The van der Waals surface area contributed by atoms with Crippen LogP contribution in [0.25, 0.3) is 0 Å². The molecule has 136 valence electrons. The molecule has 0 N–H and O–H groups in total. The highest BCUT2D eigenvalue weighted by molar-refractivity contribution is 5.31. The fourth-order valence-corrected chi connectivity index (χ4v) is 2.84. The van der Waals surface area contributed by atoms with Crippen LogP contribution in [0, 0.1) is 0 Å². The van der Waals surface area contributed by atoms with Gasteiger partial charge in [-0.05, 0) is 41.6 Å². The van der Waals surface area contributed by atoms with E-state index in [1.165, 1.54) is 24.0 Å². The van der Waals surface area contributed by atoms with Crippen LogP contribution in [0.4, 0.5) is 0 Å². The van der Waals surface area contributed by atoms with Gasteiger partial charge in [-0.2, -0.15) is 0 Å². The molecule has 0 heterocycles. The lowest BCUT2D eigenvalue weighted by Gasteiger charge is -2.23. The molecule has 2 heteroatoms. The van der Waals surface area contributed by atoms with Crippen molar-refractivity contribution >= 4 is 0 Å². The second kappa shape index (κ2) is 9.62. The Kier molecular flexibility index (Phi) is 7.52. The average Bonchev–Trinajstić information content (AvgIpc) is 2.60. The molecule has 2 aromatic rings. The second-order valence-corrected chi connectivity index (χ2v) is 7.74. The molecule has 2 rings (SSSR count). The Morgan fingerprint density at radius 1 is 0.880 bits per heavy atom. The second-order valence-electron chi connectivity index (χ2n) is 7.74. The van der Waals surface area contributed by atoms with Gasteiger partial charge in [0.25, 0.3) is 0 Å². The normalized spacial score (nSPS) is 11.7. The highest BCUT2D eigenvalue weighted by atomic mass is 16.5. The topological polar surface area (TPSA) is 12.5 Å². The third-order valence-electron chi connectivity index (χ3n) is 4.47. The summed E-state index contributed by atoms with van der Waals surface area (Å²) in [6.45, 7) is 12.7. The summed E-state index contributed by atoms with van der Waals surface area (Å²) >= 11 is 0. The first-order valence-electron chi connectivity index (χ1n) is 9.48. The number of rotatable bonds is 9. The Morgan fingerprint density at radius 2 is 1.56 bits per heavy atom. The first-order valence-corrected chi connectivity index (χ1v) is 9.48. The van der Waals surface area contributed by atoms with Gasteiger partial charge in [0.05, 0.1) is 0 Å². The van der Waals surface area contributed by atoms with Gasteiger partial charge in [-0.1, -0.05) is 76.6 Å². The van der Waals surface area contributed by atoms with E-state index in [2.05, 4.69) is 87.2 Å². The van der Waals surface area contributed by atoms with Gasteiger partial charge in [-0.3, -0.25) is 4.90 Å². The highest BCUT2D eigenvalue weighted by Crippen LogP contribution is 2.24. The quantitative estimate of drug-likeness (QED) is 0.584. The van der Waals surface area contributed by atoms with Crippen LogP contribution in [0.1, 0.15) is 51.7 Å². The molecular weight excluding hydrogens is 306 g/mol. The van der Waals surface area contributed by atoms with Gasteiger partial charge in [0.1, 0.15) is 12.4 Å². The molecule has 2 aromatic carbocycles. The molecule has 0 amide bonds. The molecule has 0 spiro atoms. The summed E-state index contributed by atoms with van der Waals surface area (Å²) in [5.74, 6) is 0.961. The van der Waals surface area contributed by atoms with Crippen LogP contribution < -0.4 is 4.74 Å². The van der Waals surface area contributed by atoms with Crippen LogP contribution >= 0.6 is 0 Å². The first kappa shape index (κ1) is 19.5. The Bertz CT molecular complexity index is 598. The Hall–Kier alpha value is -1.80. The summed E-state index contributed by atoms with van der Waals surface area (Å²) in [6, 6.07) is 19.2. The molecule has 2 nitrogen and oxygen atoms in total.